The zero-order chi connectivity index (χ0) is 33.6. The molecule has 0 radical (unpaired) electrons. The summed E-state index contributed by atoms with van der Waals surface area (Å²) in [4.78, 5) is 34.4. The highest BCUT2D eigenvalue weighted by atomic mass is 35.5. The fraction of sp³-hybridized carbons (Fsp3) is 0.206. The molecule has 10 nitrogen and oxygen atoms in total. The van der Waals surface area contributed by atoms with Crippen molar-refractivity contribution in [3.63, 3.8) is 0 Å². The summed E-state index contributed by atoms with van der Waals surface area (Å²) in [6.07, 6.45) is -2.16. The largest absolute Gasteiger partial charge is 0.586 e. The van der Waals surface area contributed by atoms with Gasteiger partial charge in [0, 0.05) is 62.9 Å². The number of carbonyl (C=O) groups excluding carboxylic acids is 2. The van der Waals surface area contributed by atoms with E-state index in [9.17, 15) is 18.4 Å². The Hall–Kier alpha value is -4.91. The van der Waals surface area contributed by atoms with Gasteiger partial charge in [-0.25, -0.2) is 4.98 Å². The number of nitrogens with one attached hydrogen (secondary N) is 1. The van der Waals surface area contributed by atoms with E-state index in [2.05, 4.69) is 24.7 Å². The molecule has 2 aliphatic rings. The zero-order valence-electron chi connectivity index (χ0n) is 25.4. The summed E-state index contributed by atoms with van der Waals surface area (Å²) in [7, 11) is 1.84. The molecule has 0 saturated carbocycles. The first-order valence-corrected chi connectivity index (χ1v) is 15.7. The van der Waals surface area contributed by atoms with Crippen LogP contribution < -0.4 is 19.5 Å². The van der Waals surface area contributed by atoms with E-state index in [-0.39, 0.29) is 28.3 Å². The molecule has 246 valence electrons. The van der Waals surface area contributed by atoms with Crippen molar-refractivity contribution in [1.29, 1.82) is 0 Å². The first-order chi connectivity index (χ1) is 23.0. The number of hydrogen-bond donors (Lipinski definition) is 1. The Morgan fingerprint density at radius 2 is 1.71 bits per heavy atom. The van der Waals surface area contributed by atoms with Gasteiger partial charge in [-0.05, 0) is 60.2 Å². The van der Waals surface area contributed by atoms with E-state index < -0.39 is 6.29 Å². The Morgan fingerprint density at radius 3 is 2.46 bits per heavy atom. The van der Waals surface area contributed by atoms with Gasteiger partial charge in [0.15, 0.2) is 11.5 Å². The first kappa shape index (κ1) is 31.7. The maximum Gasteiger partial charge on any atom is 0.586 e. The molecule has 1 N–H and O–H groups in total. The quantitative estimate of drug-likeness (QED) is 0.192. The number of aryl methyl sites for hydroxylation is 1. The van der Waals surface area contributed by atoms with Crippen molar-refractivity contribution in [2.24, 2.45) is 7.05 Å². The third-order valence-electron chi connectivity index (χ3n) is 8.17. The molecule has 0 aliphatic carbocycles. The summed E-state index contributed by atoms with van der Waals surface area (Å²) in [5.74, 6) is 0.452. The van der Waals surface area contributed by atoms with Crippen LogP contribution in [-0.4, -0.2) is 63.6 Å². The topological polar surface area (TPSA) is 98.2 Å². The molecule has 3 aromatic carbocycles. The average Bonchev–Trinajstić information content (AvgIpc) is 3.57. The lowest BCUT2D eigenvalue weighted by atomic mass is 10.1. The van der Waals surface area contributed by atoms with Crippen molar-refractivity contribution < 1.29 is 32.6 Å². The number of carbonyl (C=O) groups is 2. The second-order valence-corrected chi connectivity index (χ2v) is 12.2. The van der Waals surface area contributed by atoms with Crippen LogP contribution in [0, 0.1) is 0 Å². The van der Waals surface area contributed by atoms with Gasteiger partial charge in [0.1, 0.15) is 11.4 Å². The molecule has 48 heavy (non-hydrogen) atoms. The van der Waals surface area contributed by atoms with Crippen LogP contribution in [0.4, 0.5) is 14.5 Å². The molecule has 14 heteroatoms. The maximum atomic E-state index is 13.6. The number of rotatable bonds is 7. The second-order valence-electron chi connectivity index (χ2n) is 11.4. The van der Waals surface area contributed by atoms with Gasteiger partial charge in [-0.1, -0.05) is 29.3 Å². The van der Waals surface area contributed by atoms with Gasteiger partial charge in [-0.3, -0.25) is 14.5 Å². The number of pyridine rings is 1. The fourth-order valence-electron chi connectivity index (χ4n) is 5.68. The lowest BCUT2D eigenvalue weighted by molar-refractivity contribution is -0.286. The number of hydrogen-bond acceptors (Lipinski definition) is 7. The van der Waals surface area contributed by atoms with Crippen LogP contribution in [0.1, 0.15) is 26.4 Å². The minimum Gasteiger partial charge on any atom is -0.439 e. The Kier molecular flexibility index (Phi) is 8.32. The summed E-state index contributed by atoms with van der Waals surface area (Å²) in [5.41, 5.74) is 3.01. The van der Waals surface area contributed by atoms with Crippen molar-refractivity contribution in [2.75, 3.05) is 31.5 Å². The van der Waals surface area contributed by atoms with E-state index in [0.717, 1.165) is 16.5 Å². The third kappa shape index (κ3) is 6.59. The van der Waals surface area contributed by atoms with E-state index in [1.807, 2.05) is 34.7 Å². The van der Waals surface area contributed by atoms with Crippen LogP contribution in [-0.2, 0) is 13.6 Å². The Labute approximate surface area is 283 Å². The van der Waals surface area contributed by atoms with Gasteiger partial charge in [0.25, 0.3) is 11.8 Å². The van der Waals surface area contributed by atoms with E-state index in [1.54, 1.807) is 42.5 Å². The van der Waals surface area contributed by atoms with Crippen LogP contribution in [0.5, 0.6) is 23.1 Å². The molecule has 1 fully saturated rings. The smallest absolute Gasteiger partial charge is 0.439 e. The molecule has 2 amide bonds. The number of amides is 2. The van der Waals surface area contributed by atoms with Crippen LogP contribution in [0.15, 0.2) is 79.0 Å². The van der Waals surface area contributed by atoms with Crippen molar-refractivity contribution in [3.05, 3.63) is 106 Å². The Morgan fingerprint density at radius 1 is 0.917 bits per heavy atom. The molecule has 2 aromatic heterocycles. The average molecular weight is 695 g/mol. The van der Waals surface area contributed by atoms with Crippen LogP contribution >= 0.6 is 23.2 Å². The lowest BCUT2D eigenvalue weighted by Crippen LogP contribution is -2.48. The maximum absolute atomic E-state index is 13.6. The normalized spacial score (nSPS) is 15.5. The molecule has 5 aromatic rings. The number of piperazine rings is 1. The number of anilines is 1. The molecular formula is C34H27Cl2F2N5O5. The Balaban J connectivity index is 0.959. The number of halogens is 4. The van der Waals surface area contributed by atoms with E-state index in [0.29, 0.717) is 66.3 Å². The minimum atomic E-state index is -3.65. The predicted octanol–water partition coefficient (Wildman–Crippen LogP) is 7.20. The number of fused-ring (bicyclic) bond motifs is 2. The van der Waals surface area contributed by atoms with Gasteiger partial charge in [-0.15, -0.1) is 8.78 Å². The van der Waals surface area contributed by atoms with E-state index in [1.165, 1.54) is 18.3 Å². The highest BCUT2D eigenvalue weighted by molar-refractivity contribution is 6.42. The van der Waals surface area contributed by atoms with Gasteiger partial charge < -0.3 is 29.0 Å². The van der Waals surface area contributed by atoms with Crippen molar-refractivity contribution >= 4 is 51.6 Å². The highest BCUT2D eigenvalue weighted by Crippen LogP contribution is 2.41. The van der Waals surface area contributed by atoms with Crippen LogP contribution in [0.2, 0.25) is 10.0 Å². The van der Waals surface area contributed by atoms with Crippen LogP contribution in [0.3, 0.4) is 0 Å². The van der Waals surface area contributed by atoms with E-state index >= 15 is 0 Å². The van der Waals surface area contributed by atoms with Crippen molar-refractivity contribution in [2.45, 2.75) is 12.8 Å². The van der Waals surface area contributed by atoms with E-state index in [4.69, 9.17) is 27.9 Å². The molecule has 2 aliphatic heterocycles. The van der Waals surface area contributed by atoms with Gasteiger partial charge >= 0.3 is 6.29 Å². The monoisotopic (exact) mass is 693 g/mol. The molecule has 0 atom stereocenters. The minimum absolute atomic E-state index is 0.0168. The molecule has 0 bridgehead atoms. The molecule has 0 spiro atoms. The predicted molar refractivity (Wildman–Crippen MR) is 175 cm³/mol. The third-order valence-corrected chi connectivity index (χ3v) is 8.90. The first-order valence-electron chi connectivity index (χ1n) is 14.9. The van der Waals surface area contributed by atoms with Crippen LogP contribution in [0.25, 0.3) is 10.9 Å². The standard InChI is InChI=1S/C34H27Cl2F2N5O5/c1-41-27-17-24(46-31-9-5-23(18-39-31)40-32(44)22-4-7-25(35)26(36)15-22)6-3-21(27)16-28(41)33(45)43-12-10-42(11-13-43)19-20-2-8-29-30(14-20)48-34(37,38)47-29/h2-9,14-18H,10-13,19H2,1H3,(H,40,44). The summed E-state index contributed by atoms with van der Waals surface area (Å²) in [6.45, 7) is 2.83. The molecule has 0 unspecified atom stereocenters. The summed E-state index contributed by atoms with van der Waals surface area (Å²) < 4.78 is 43.6. The molecule has 1 saturated heterocycles. The molecular weight excluding hydrogens is 667 g/mol. The number of nitrogens with zero attached hydrogens (tertiary/aromatic N) is 4. The van der Waals surface area contributed by atoms with Crippen molar-refractivity contribution in [3.8, 4) is 23.1 Å². The summed E-state index contributed by atoms with van der Waals surface area (Å²) >= 11 is 12.0. The fourth-order valence-corrected chi connectivity index (χ4v) is 5.97. The SMILES string of the molecule is Cn1c(C(=O)N2CCN(Cc3ccc4c(c3)OC(F)(F)O4)CC2)cc2ccc(Oc3ccc(NC(=O)c4ccc(Cl)c(Cl)c4)cn3)cc21. The highest BCUT2D eigenvalue weighted by Gasteiger charge is 2.43. The lowest BCUT2D eigenvalue weighted by Gasteiger charge is -2.34. The van der Waals surface area contributed by atoms with Crippen molar-refractivity contribution in [1.82, 2.24) is 19.4 Å². The number of benzene rings is 3. The zero-order valence-corrected chi connectivity index (χ0v) is 26.9. The Bertz CT molecular complexity index is 2050. The number of ether oxygens (including phenoxy) is 3. The van der Waals surface area contributed by atoms with Gasteiger partial charge in [0.2, 0.25) is 5.88 Å². The van der Waals surface area contributed by atoms with Gasteiger partial charge in [-0.2, -0.15) is 0 Å². The van der Waals surface area contributed by atoms with Gasteiger partial charge in [0.05, 0.1) is 27.4 Å². The second kappa shape index (κ2) is 12.6. The number of aromatic nitrogens is 2. The number of alkyl halides is 2. The summed E-state index contributed by atoms with van der Waals surface area (Å²) in [6, 6.07) is 20.1. The molecule has 4 heterocycles. The molecule has 7 rings (SSSR count). The summed E-state index contributed by atoms with van der Waals surface area (Å²) in [5, 5.41) is 4.29.